The van der Waals surface area contributed by atoms with Crippen LogP contribution in [0.2, 0.25) is 0 Å². The van der Waals surface area contributed by atoms with Crippen molar-refractivity contribution in [3.05, 3.63) is 20.3 Å². The molecule has 6 heteroatoms. The molecule has 0 aromatic carbocycles. The largest absolute Gasteiger partial charge is 0.418 e. The third kappa shape index (κ3) is 2.11. The Balaban J connectivity index is 3.22. The van der Waals surface area contributed by atoms with Gasteiger partial charge in [0.15, 0.2) is 5.78 Å². The molecule has 0 saturated carbocycles. The number of ketones is 1. The number of hydrogen-bond acceptors (Lipinski definition) is 2. The molecule has 0 bridgehead atoms. The molecular formula is C7H4BrF3OS. The van der Waals surface area contributed by atoms with Crippen LogP contribution >= 0.6 is 27.3 Å². The molecule has 0 radical (unpaired) electrons. The minimum atomic E-state index is -4.40. The maximum absolute atomic E-state index is 12.2. The Hall–Kier alpha value is -0.360. The van der Waals surface area contributed by atoms with Crippen LogP contribution in [-0.4, -0.2) is 5.78 Å². The lowest BCUT2D eigenvalue weighted by Gasteiger charge is -2.03. The van der Waals surface area contributed by atoms with Crippen LogP contribution in [0.25, 0.3) is 0 Å². The summed E-state index contributed by atoms with van der Waals surface area (Å²) in [5.41, 5.74) is -0.789. The van der Waals surface area contributed by atoms with E-state index in [2.05, 4.69) is 15.9 Å². The summed E-state index contributed by atoms with van der Waals surface area (Å²) in [5, 5.41) is 0.931. The van der Waals surface area contributed by atoms with E-state index in [1.165, 1.54) is 6.92 Å². The van der Waals surface area contributed by atoms with Crippen LogP contribution in [0.4, 0.5) is 13.2 Å². The number of rotatable bonds is 1. The highest BCUT2D eigenvalue weighted by Crippen LogP contribution is 2.39. The zero-order valence-electron chi connectivity index (χ0n) is 6.41. The molecular weight excluding hydrogens is 269 g/mol. The Morgan fingerprint density at radius 1 is 1.54 bits per heavy atom. The molecule has 0 aliphatic heterocycles. The van der Waals surface area contributed by atoms with Gasteiger partial charge >= 0.3 is 6.18 Å². The summed E-state index contributed by atoms with van der Waals surface area (Å²) >= 11 is 3.55. The van der Waals surface area contributed by atoms with E-state index in [9.17, 15) is 18.0 Å². The second kappa shape index (κ2) is 3.42. The molecule has 1 heterocycles. The number of hydrogen-bond donors (Lipinski definition) is 0. The summed E-state index contributed by atoms with van der Waals surface area (Å²) in [4.78, 5) is 10.9. The number of halogens is 4. The highest BCUT2D eigenvalue weighted by Gasteiger charge is 2.35. The highest BCUT2D eigenvalue weighted by atomic mass is 79.9. The van der Waals surface area contributed by atoms with Crippen LogP contribution < -0.4 is 0 Å². The van der Waals surface area contributed by atoms with Gasteiger partial charge in [0.2, 0.25) is 0 Å². The van der Waals surface area contributed by atoms with Gasteiger partial charge in [-0.2, -0.15) is 13.2 Å². The summed E-state index contributed by atoms with van der Waals surface area (Å²) < 4.78 is 36.4. The van der Waals surface area contributed by atoms with Crippen LogP contribution in [0.3, 0.4) is 0 Å². The Bertz CT molecular complexity index is 342. The SMILES string of the molecule is CC(=O)c1scc(C(F)(F)F)c1Br. The normalized spacial score (nSPS) is 11.8. The van der Waals surface area contributed by atoms with E-state index < -0.39 is 11.7 Å². The molecule has 0 saturated heterocycles. The van der Waals surface area contributed by atoms with Gasteiger partial charge in [-0.1, -0.05) is 0 Å². The molecule has 1 aromatic heterocycles. The van der Waals surface area contributed by atoms with Crippen molar-refractivity contribution >= 4 is 33.0 Å². The summed E-state index contributed by atoms with van der Waals surface area (Å²) in [6.45, 7) is 1.23. The van der Waals surface area contributed by atoms with Gasteiger partial charge in [0.25, 0.3) is 0 Å². The van der Waals surface area contributed by atoms with Crippen molar-refractivity contribution in [1.82, 2.24) is 0 Å². The molecule has 13 heavy (non-hydrogen) atoms. The fourth-order valence-electron chi connectivity index (χ4n) is 0.772. The van der Waals surface area contributed by atoms with E-state index in [0.717, 1.165) is 16.7 Å². The Morgan fingerprint density at radius 3 is 2.31 bits per heavy atom. The van der Waals surface area contributed by atoms with Crippen LogP contribution in [0.1, 0.15) is 22.2 Å². The molecule has 0 fully saturated rings. The summed E-state index contributed by atoms with van der Waals surface area (Å²) in [5.74, 6) is -0.368. The molecule has 0 atom stereocenters. The minimum Gasteiger partial charge on any atom is -0.294 e. The van der Waals surface area contributed by atoms with Gasteiger partial charge in [-0.05, 0) is 22.9 Å². The van der Waals surface area contributed by atoms with Crippen molar-refractivity contribution in [1.29, 1.82) is 0 Å². The molecule has 0 N–H and O–H groups in total. The fourth-order valence-corrected chi connectivity index (χ4v) is 2.69. The average molecular weight is 273 g/mol. The van der Waals surface area contributed by atoms with Crippen molar-refractivity contribution in [3.63, 3.8) is 0 Å². The van der Waals surface area contributed by atoms with Gasteiger partial charge in [-0.25, -0.2) is 0 Å². The first-order chi connectivity index (χ1) is 5.84. The van der Waals surface area contributed by atoms with Gasteiger partial charge < -0.3 is 0 Å². The van der Waals surface area contributed by atoms with Crippen molar-refractivity contribution in [2.45, 2.75) is 13.1 Å². The zero-order valence-corrected chi connectivity index (χ0v) is 8.81. The summed E-state index contributed by atoms with van der Waals surface area (Å²) in [6, 6.07) is 0. The number of thiophene rings is 1. The molecule has 1 aromatic rings. The van der Waals surface area contributed by atoms with Crippen molar-refractivity contribution in [2.75, 3.05) is 0 Å². The maximum Gasteiger partial charge on any atom is 0.418 e. The zero-order chi connectivity index (χ0) is 10.2. The lowest BCUT2D eigenvalue weighted by Crippen LogP contribution is -2.04. The monoisotopic (exact) mass is 272 g/mol. The van der Waals surface area contributed by atoms with Crippen molar-refractivity contribution in [3.8, 4) is 0 Å². The van der Waals surface area contributed by atoms with Crippen LogP contribution in [0.5, 0.6) is 0 Å². The number of carbonyl (C=O) groups excluding carboxylic acids is 1. The van der Waals surface area contributed by atoms with Crippen molar-refractivity contribution < 1.29 is 18.0 Å². The molecule has 0 unspecified atom stereocenters. The third-order valence-electron chi connectivity index (χ3n) is 1.36. The Kier molecular flexibility index (Phi) is 2.82. The van der Waals surface area contributed by atoms with Crippen LogP contribution in [-0.2, 0) is 6.18 Å². The minimum absolute atomic E-state index is 0.104. The molecule has 0 aliphatic carbocycles. The van der Waals surface area contributed by atoms with Crippen LogP contribution in [0, 0.1) is 0 Å². The molecule has 1 rings (SSSR count). The van der Waals surface area contributed by atoms with E-state index in [4.69, 9.17) is 0 Å². The lowest BCUT2D eigenvalue weighted by molar-refractivity contribution is -0.137. The predicted molar refractivity (Wildman–Crippen MR) is 47.0 cm³/mol. The fraction of sp³-hybridized carbons (Fsp3) is 0.286. The van der Waals surface area contributed by atoms with Gasteiger partial charge in [0.05, 0.1) is 14.9 Å². The molecule has 0 aliphatic rings. The predicted octanol–water partition coefficient (Wildman–Crippen LogP) is 3.73. The third-order valence-corrected chi connectivity index (χ3v) is 3.52. The number of carbonyl (C=O) groups is 1. The Morgan fingerprint density at radius 2 is 2.08 bits per heavy atom. The van der Waals surface area contributed by atoms with Gasteiger partial charge in [-0.3, -0.25) is 4.79 Å². The molecule has 0 spiro atoms. The second-order valence-electron chi connectivity index (χ2n) is 2.35. The first kappa shape index (κ1) is 10.7. The highest BCUT2D eigenvalue weighted by molar-refractivity contribution is 9.10. The smallest absolute Gasteiger partial charge is 0.294 e. The number of alkyl halides is 3. The Labute approximate surface area is 84.7 Å². The van der Waals surface area contributed by atoms with E-state index in [0.29, 0.717) is 0 Å². The molecule has 72 valence electrons. The first-order valence-corrected chi connectivity index (χ1v) is 4.86. The number of Topliss-reactive ketones (excluding diaryl/α,β-unsaturated/α-hetero) is 1. The van der Waals surface area contributed by atoms with E-state index >= 15 is 0 Å². The molecule has 1 nitrogen and oxygen atoms in total. The summed E-state index contributed by atoms with van der Waals surface area (Å²) in [7, 11) is 0. The lowest BCUT2D eigenvalue weighted by atomic mass is 10.2. The van der Waals surface area contributed by atoms with E-state index in [-0.39, 0.29) is 15.1 Å². The maximum atomic E-state index is 12.2. The average Bonchev–Trinajstić information content (AvgIpc) is 2.28. The quantitative estimate of drug-likeness (QED) is 0.712. The van der Waals surface area contributed by atoms with Gasteiger partial charge in [-0.15, -0.1) is 11.3 Å². The van der Waals surface area contributed by atoms with Gasteiger partial charge in [0.1, 0.15) is 0 Å². The van der Waals surface area contributed by atoms with E-state index in [1.54, 1.807) is 0 Å². The van der Waals surface area contributed by atoms with Crippen LogP contribution in [0.15, 0.2) is 9.85 Å². The first-order valence-electron chi connectivity index (χ1n) is 3.19. The second-order valence-corrected chi connectivity index (χ2v) is 4.02. The molecule has 0 amide bonds. The summed E-state index contributed by atoms with van der Waals surface area (Å²) in [6.07, 6.45) is -4.40. The van der Waals surface area contributed by atoms with E-state index in [1.807, 2.05) is 0 Å². The van der Waals surface area contributed by atoms with Crippen molar-refractivity contribution in [2.24, 2.45) is 0 Å². The van der Waals surface area contributed by atoms with Gasteiger partial charge in [0, 0.05) is 5.38 Å². The topological polar surface area (TPSA) is 17.1 Å². The standard InChI is InChI=1S/C7H4BrF3OS/c1-3(12)6-5(8)4(2-13-6)7(9,10)11/h2H,1H3.